The van der Waals surface area contributed by atoms with Crippen LogP contribution in [0.25, 0.3) is 6.08 Å². The molecule has 1 aromatic rings. The molecule has 0 aromatic heterocycles. The zero-order valence-corrected chi connectivity index (χ0v) is 13.1. The predicted octanol–water partition coefficient (Wildman–Crippen LogP) is 1.65. The maximum absolute atomic E-state index is 12.6. The molecule has 6 nitrogen and oxygen atoms in total. The molecule has 3 saturated heterocycles. The van der Waals surface area contributed by atoms with Gasteiger partial charge in [-0.25, -0.2) is 4.79 Å². The molecule has 3 heterocycles. The third-order valence-corrected chi connectivity index (χ3v) is 4.14. The Hall–Kier alpha value is -2.44. The van der Waals surface area contributed by atoms with Crippen LogP contribution in [0.3, 0.4) is 0 Å². The SMILES string of the molecule is O=C1/C(=C\C=C\c2ccccc2)N(CC2CO2)C(=O)N1CC1CO1. The van der Waals surface area contributed by atoms with Crippen molar-refractivity contribution in [2.24, 2.45) is 0 Å². The lowest BCUT2D eigenvalue weighted by Gasteiger charge is -2.15. The highest BCUT2D eigenvalue weighted by atomic mass is 16.6. The number of amides is 3. The molecule has 4 rings (SSSR count). The van der Waals surface area contributed by atoms with Gasteiger partial charge in [-0.15, -0.1) is 0 Å². The highest BCUT2D eigenvalue weighted by Crippen LogP contribution is 2.26. The molecule has 3 aliphatic heterocycles. The van der Waals surface area contributed by atoms with Crippen LogP contribution >= 0.6 is 0 Å². The number of ether oxygens (including phenoxy) is 2. The van der Waals surface area contributed by atoms with Crippen molar-refractivity contribution in [3.8, 4) is 0 Å². The van der Waals surface area contributed by atoms with Crippen LogP contribution in [0, 0.1) is 0 Å². The van der Waals surface area contributed by atoms with Crippen molar-refractivity contribution in [2.45, 2.75) is 12.2 Å². The summed E-state index contributed by atoms with van der Waals surface area (Å²) >= 11 is 0. The second-order valence-corrected chi connectivity index (χ2v) is 6.04. The third-order valence-electron chi connectivity index (χ3n) is 4.14. The largest absolute Gasteiger partial charge is 0.371 e. The summed E-state index contributed by atoms with van der Waals surface area (Å²) in [4.78, 5) is 27.9. The molecule has 24 heavy (non-hydrogen) atoms. The number of epoxide rings is 2. The van der Waals surface area contributed by atoms with Gasteiger partial charge in [0.2, 0.25) is 0 Å². The lowest BCUT2D eigenvalue weighted by Crippen LogP contribution is -2.36. The van der Waals surface area contributed by atoms with Gasteiger partial charge in [0, 0.05) is 0 Å². The summed E-state index contributed by atoms with van der Waals surface area (Å²) in [6, 6.07) is 9.51. The van der Waals surface area contributed by atoms with Gasteiger partial charge < -0.3 is 9.47 Å². The zero-order valence-electron chi connectivity index (χ0n) is 13.1. The molecule has 0 radical (unpaired) electrons. The number of benzene rings is 1. The van der Waals surface area contributed by atoms with Gasteiger partial charge in [0.15, 0.2) is 0 Å². The van der Waals surface area contributed by atoms with E-state index >= 15 is 0 Å². The number of allylic oxidation sites excluding steroid dienone is 2. The molecule has 0 saturated carbocycles. The molecule has 0 spiro atoms. The molecule has 2 unspecified atom stereocenters. The van der Waals surface area contributed by atoms with Crippen LogP contribution in [0.1, 0.15) is 5.56 Å². The molecule has 3 amide bonds. The maximum Gasteiger partial charge on any atom is 0.331 e. The van der Waals surface area contributed by atoms with Crippen LogP contribution in [0.4, 0.5) is 4.79 Å². The minimum atomic E-state index is -0.287. The number of carbonyl (C=O) groups excluding carboxylic acids is 2. The standard InChI is InChI=1S/C18H18N2O4/c21-17-16(8-4-7-13-5-2-1-3-6-13)19(9-14-11-23-14)18(22)20(17)10-15-12-24-15/h1-8,14-15H,9-12H2/b7-4+,16-8+. The molecule has 0 bridgehead atoms. The third kappa shape index (κ3) is 3.25. The van der Waals surface area contributed by atoms with E-state index in [0.717, 1.165) is 5.56 Å². The quantitative estimate of drug-likeness (QED) is 0.453. The molecule has 0 N–H and O–H groups in total. The second kappa shape index (κ2) is 6.22. The van der Waals surface area contributed by atoms with Crippen molar-refractivity contribution in [1.29, 1.82) is 0 Å². The average molecular weight is 326 g/mol. The Labute approximate surface area is 139 Å². The van der Waals surface area contributed by atoms with Gasteiger partial charge >= 0.3 is 6.03 Å². The van der Waals surface area contributed by atoms with Crippen LogP contribution in [0.5, 0.6) is 0 Å². The number of carbonyl (C=O) groups is 2. The van der Waals surface area contributed by atoms with Crippen LogP contribution in [-0.2, 0) is 14.3 Å². The fourth-order valence-corrected chi connectivity index (χ4v) is 2.66. The summed E-state index contributed by atoms with van der Waals surface area (Å²) in [5.41, 5.74) is 1.43. The number of rotatable bonds is 6. The van der Waals surface area contributed by atoms with E-state index in [0.29, 0.717) is 32.0 Å². The first kappa shape index (κ1) is 15.1. The molecule has 1 aromatic carbocycles. The monoisotopic (exact) mass is 326 g/mol. The molecule has 3 fully saturated rings. The number of urea groups is 1. The van der Waals surface area contributed by atoms with E-state index in [2.05, 4.69) is 0 Å². The van der Waals surface area contributed by atoms with E-state index < -0.39 is 0 Å². The van der Waals surface area contributed by atoms with Crippen LogP contribution in [0.15, 0.2) is 48.2 Å². The fraction of sp³-hybridized carbons (Fsp3) is 0.333. The lowest BCUT2D eigenvalue weighted by molar-refractivity contribution is -0.123. The van der Waals surface area contributed by atoms with Crippen molar-refractivity contribution in [2.75, 3.05) is 26.3 Å². The minimum Gasteiger partial charge on any atom is -0.371 e. The molecule has 3 aliphatic rings. The van der Waals surface area contributed by atoms with Gasteiger partial charge in [0.05, 0.1) is 38.5 Å². The number of imide groups is 1. The van der Waals surface area contributed by atoms with Gasteiger partial charge in [-0.1, -0.05) is 42.5 Å². The van der Waals surface area contributed by atoms with Gasteiger partial charge in [0.25, 0.3) is 5.91 Å². The van der Waals surface area contributed by atoms with E-state index in [1.54, 1.807) is 12.2 Å². The highest BCUT2D eigenvalue weighted by molar-refractivity contribution is 6.11. The molecule has 124 valence electrons. The molecular weight excluding hydrogens is 308 g/mol. The van der Waals surface area contributed by atoms with Gasteiger partial charge in [-0.3, -0.25) is 14.6 Å². The zero-order chi connectivity index (χ0) is 16.5. The predicted molar refractivity (Wildman–Crippen MR) is 86.9 cm³/mol. The van der Waals surface area contributed by atoms with Crippen molar-refractivity contribution in [1.82, 2.24) is 9.80 Å². The highest BCUT2D eigenvalue weighted by Gasteiger charge is 2.45. The Balaban J connectivity index is 1.54. The summed E-state index contributed by atoms with van der Waals surface area (Å²) in [5.74, 6) is -0.270. The van der Waals surface area contributed by atoms with E-state index in [-0.39, 0.29) is 24.1 Å². The van der Waals surface area contributed by atoms with E-state index in [9.17, 15) is 9.59 Å². The van der Waals surface area contributed by atoms with Gasteiger partial charge in [0.1, 0.15) is 5.70 Å². The maximum atomic E-state index is 12.6. The van der Waals surface area contributed by atoms with Crippen LogP contribution in [-0.4, -0.2) is 60.2 Å². The van der Waals surface area contributed by atoms with E-state index in [1.165, 1.54) is 9.80 Å². The lowest BCUT2D eigenvalue weighted by atomic mass is 10.2. The average Bonchev–Trinajstić information content (AvgIpc) is 3.49. The summed E-state index contributed by atoms with van der Waals surface area (Å²) in [6.07, 6.45) is 5.41. The summed E-state index contributed by atoms with van der Waals surface area (Å²) < 4.78 is 10.4. The number of hydrogen-bond donors (Lipinski definition) is 0. The van der Waals surface area contributed by atoms with Crippen molar-refractivity contribution >= 4 is 18.0 Å². The normalized spacial score (nSPS) is 27.6. The number of hydrogen-bond acceptors (Lipinski definition) is 4. The molecule has 0 aliphatic carbocycles. The first-order chi connectivity index (χ1) is 11.7. The second-order valence-electron chi connectivity index (χ2n) is 6.04. The van der Waals surface area contributed by atoms with Gasteiger partial charge in [-0.2, -0.15) is 0 Å². The van der Waals surface area contributed by atoms with Crippen molar-refractivity contribution < 1.29 is 19.1 Å². The van der Waals surface area contributed by atoms with E-state index in [4.69, 9.17) is 9.47 Å². The van der Waals surface area contributed by atoms with Crippen LogP contribution in [0.2, 0.25) is 0 Å². The smallest absolute Gasteiger partial charge is 0.331 e. The molecular formula is C18H18N2O4. The summed E-state index contributed by atoms with van der Waals surface area (Å²) in [6.45, 7) is 1.98. The Bertz CT molecular complexity index is 705. The van der Waals surface area contributed by atoms with E-state index in [1.807, 2.05) is 36.4 Å². The Morgan fingerprint density at radius 3 is 2.25 bits per heavy atom. The fourth-order valence-electron chi connectivity index (χ4n) is 2.66. The van der Waals surface area contributed by atoms with Crippen LogP contribution < -0.4 is 0 Å². The molecule has 6 heteroatoms. The topological polar surface area (TPSA) is 65.7 Å². The number of nitrogens with zero attached hydrogens (tertiary/aromatic N) is 2. The first-order valence-electron chi connectivity index (χ1n) is 8.02. The minimum absolute atomic E-state index is 0.0175. The van der Waals surface area contributed by atoms with Gasteiger partial charge in [-0.05, 0) is 11.6 Å². The Morgan fingerprint density at radius 2 is 1.62 bits per heavy atom. The Morgan fingerprint density at radius 1 is 1.00 bits per heavy atom. The first-order valence-corrected chi connectivity index (χ1v) is 8.02. The summed E-state index contributed by atoms with van der Waals surface area (Å²) in [5, 5.41) is 0. The Kier molecular flexibility index (Phi) is 3.92. The van der Waals surface area contributed by atoms with Crippen molar-refractivity contribution in [3.63, 3.8) is 0 Å². The summed E-state index contributed by atoms with van der Waals surface area (Å²) in [7, 11) is 0. The molecule has 2 atom stereocenters. The van der Waals surface area contributed by atoms with Crippen molar-refractivity contribution in [3.05, 3.63) is 53.7 Å².